The summed E-state index contributed by atoms with van der Waals surface area (Å²) in [5.74, 6) is -2.98. The Morgan fingerprint density at radius 2 is 1.36 bits per heavy atom. The van der Waals surface area contributed by atoms with Crippen LogP contribution in [0.25, 0.3) is 0 Å². The standard InChI is InChI=1S/C33H29NO5/c1-22-12-11-17-25(20-22)30-29(32(36)24-15-7-3-8-16-24)28(23-13-5-2-6-14-23)31(33(37)38)34(30)27(35)21-39-26-18-9-4-10-19-26/h2-20,28-31H,21H2,1H3,(H,37,38). The molecule has 4 aromatic carbocycles. The minimum absolute atomic E-state index is 0.207. The number of carbonyl (C=O) groups is 3. The summed E-state index contributed by atoms with van der Waals surface area (Å²) in [6, 6.07) is 32.4. The highest BCUT2D eigenvalue weighted by Crippen LogP contribution is 2.51. The summed E-state index contributed by atoms with van der Waals surface area (Å²) in [5, 5.41) is 10.6. The van der Waals surface area contributed by atoms with E-state index in [0.29, 0.717) is 22.4 Å². The third-order valence-corrected chi connectivity index (χ3v) is 7.24. The Bertz CT molecular complexity index is 1460. The molecule has 0 spiro atoms. The fourth-order valence-electron chi connectivity index (χ4n) is 5.62. The molecule has 196 valence electrons. The van der Waals surface area contributed by atoms with E-state index in [0.717, 1.165) is 5.56 Å². The summed E-state index contributed by atoms with van der Waals surface area (Å²) in [5.41, 5.74) is 2.82. The second-order valence-corrected chi connectivity index (χ2v) is 9.74. The molecule has 1 saturated heterocycles. The van der Waals surface area contributed by atoms with Crippen LogP contribution in [-0.4, -0.2) is 40.3 Å². The largest absolute Gasteiger partial charge is 0.484 e. The zero-order valence-corrected chi connectivity index (χ0v) is 21.5. The number of rotatable bonds is 8. The molecule has 1 fully saturated rings. The summed E-state index contributed by atoms with van der Waals surface area (Å²) >= 11 is 0. The quantitative estimate of drug-likeness (QED) is 0.302. The van der Waals surface area contributed by atoms with Crippen molar-refractivity contribution in [2.75, 3.05) is 6.61 Å². The first-order valence-electron chi connectivity index (χ1n) is 12.9. The normalized spacial score (nSPS) is 20.4. The molecule has 6 heteroatoms. The van der Waals surface area contributed by atoms with Crippen molar-refractivity contribution in [1.82, 2.24) is 4.90 Å². The van der Waals surface area contributed by atoms with Crippen molar-refractivity contribution in [1.29, 1.82) is 0 Å². The molecule has 6 nitrogen and oxygen atoms in total. The van der Waals surface area contributed by atoms with E-state index < -0.39 is 35.8 Å². The molecule has 0 saturated carbocycles. The Morgan fingerprint density at radius 1 is 0.769 bits per heavy atom. The van der Waals surface area contributed by atoms with Crippen molar-refractivity contribution < 1.29 is 24.2 Å². The smallest absolute Gasteiger partial charge is 0.327 e. The molecule has 4 atom stereocenters. The summed E-state index contributed by atoms with van der Waals surface area (Å²) < 4.78 is 5.77. The van der Waals surface area contributed by atoms with Gasteiger partial charge in [0.05, 0.1) is 12.0 Å². The van der Waals surface area contributed by atoms with E-state index in [1.807, 2.05) is 73.7 Å². The molecule has 1 heterocycles. The van der Waals surface area contributed by atoms with Gasteiger partial charge in [0.2, 0.25) is 0 Å². The number of ketones is 1. The van der Waals surface area contributed by atoms with Crippen LogP contribution in [0.5, 0.6) is 5.75 Å². The maximum Gasteiger partial charge on any atom is 0.327 e. The number of hydrogen-bond acceptors (Lipinski definition) is 4. The number of Topliss-reactive ketones (excluding diaryl/α,β-unsaturated/α-hetero) is 1. The molecule has 1 N–H and O–H groups in total. The minimum Gasteiger partial charge on any atom is -0.484 e. The zero-order chi connectivity index (χ0) is 27.4. The lowest BCUT2D eigenvalue weighted by atomic mass is 9.76. The lowest BCUT2D eigenvalue weighted by Gasteiger charge is -2.30. The van der Waals surface area contributed by atoms with Crippen LogP contribution in [0, 0.1) is 12.8 Å². The number of carbonyl (C=O) groups excluding carboxylic acids is 2. The van der Waals surface area contributed by atoms with Gasteiger partial charge >= 0.3 is 5.97 Å². The fraction of sp³-hybridized carbons (Fsp3) is 0.182. The minimum atomic E-state index is -1.28. The van der Waals surface area contributed by atoms with Gasteiger partial charge in [-0.3, -0.25) is 9.59 Å². The van der Waals surface area contributed by atoms with Crippen molar-refractivity contribution in [3.63, 3.8) is 0 Å². The van der Waals surface area contributed by atoms with Crippen LogP contribution in [0.15, 0.2) is 115 Å². The van der Waals surface area contributed by atoms with E-state index in [1.165, 1.54) is 4.90 Å². The van der Waals surface area contributed by atoms with Crippen molar-refractivity contribution in [3.8, 4) is 5.75 Å². The molecule has 0 aliphatic carbocycles. The third-order valence-electron chi connectivity index (χ3n) is 7.24. The Kier molecular flexibility index (Phi) is 7.55. The lowest BCUT2D eigenvalue weighted by Crippen LogP contribution is -2.45. The summed E-state index contributed by atoms with van der Waals surface area (Å²) in [7, 11) is 0. The molecular formula is C33H29NO5. The van der Waals surface area contributed by atoms with Gasteiger partial charge in [0.1, 0.15) is 11.8 Å². The highest BCUT2D eigenvalue weighted by molar-refractivity contribution is 6.01. The van der Waals surface area contributed by atoms with Gasteiger partial charge in [-0.25, -0.2) is 4.79 Å². The van der Waals surface area contributed by atoms with Crippen LogP contribution in [0.2, 0.25) is 0 Å². The Labute approximate surface area is 227 Å². The number of hydrogen-bond donors (Lipinski definition) is 1. The number of nitrogens with zero attached hydrogens (tertiary/aromatic N) is 1. The molecule has 39 heavy (non-hydrogen) atoms. The highest BCUT2D eigenvalue weighted by atomic mass is 16.5. The highest BCUT2D eigenvalue weighted by Gasteiger charge is 2.57. The molecule has 4 unspecified atom stereocenters. The van der Waals surface area contributed by atoms with Gasteiger partial charge in [0, 0.05) is 11.5 Å². The van der Waals surface area contributed by atoms with Gasteiger partial charge in [0.25, 0.3) is 5.91 Å². The van der Waals surface area contributed by atoms with E-state index in [1.54, 1.807) is 48.5 Å². The summed E-state index contributed by atoms with van der Waals surface area (Å²) in [6.45, 7) is 1.57. The molecule has 1 amide bonds. The first-order chi connectivity index (χ1) is 19.0. The Morgan fingerprint density at radius 3 is 1.97 bits per heavy atom. The number of amides is 1. The number of para-hydroxylation sites is 1. The van der Waals surface area contributed by atoms with Crippen molar-refractivity contribution in [3.05, 3.63) is 138 Å². The van der Waals surface area contributed by atoms with Crippen LogP contribution in [0.1, 0.15) is 39.0 Å². The zero-order valence-electron chi connectivity index (χ0n) is 21.5. The Hall–Kier alpha value is -4.71. The maximum atomic E-state index is 14.3. The van der Waals surface area contributed by atoms with E-state index >= 15 is 0 Å². The number of carboxylic acids is 1. The SMILES string of the molecule is Cc1cccc(C2C(C(=O)c3ccccc3)C(c3ccccc3)C(C(=O)O)N2C(=O)COc2ccccc2)c1. The number of aliphatic carboxylic acids is 1. The summed E-state index contributed by atoms with van der Waals surface area (Å²) in [6.07, 6.45) is 0. The third kappa shape index (κ3) is 5.32. The van der Waals surface area contributed by atoms with Crippen molar-refractivity contribution in [2.24, 2.45) is 5.92 Å². The van der Waals surface area contributed by atoms with E-state index in [2.05, 4.69) is 0 Å². The first-order valence-corrected chi connectivity index (χ1v) is 12.9. The topological polar surface area (TPSA) is 83.9 Å². The predicted molar refractivity (Wildman–Crippen MR) is 148 cm³/mol. The number of aryl methyl sites for hydroxylation is 1. The van der Waals surface area contributed by atoms with Crippen molar-refractivity contribution >= 4 is 17.7 Å². The second-order valence-electron chi connectivity index (χ2n) is 9.74. The number of ether oxygens (including phenoxy) is 1. The molecule has 5 rings (SSSR count). The van der Waals surface area contributed by atoms with Gasteiger partial charge < -0.3 is 14.7 Å². The van der Waals surface area contributed by atoms with Gasteiger partial charge in [-0.2, -0.15) is 0 Å². The second kappa shape index (κ2) is 11.4. The lowest BCUT2D eigenvalue weighted by molar-refractivity contribution is -0.151. The van der Waals surface area contributed by atoms with E-state index in [4.69, 9.17) is 4.74 Å². The van der Waals surface area contributed by atoms with Crippen LogP contribution < -0.4 is 4.74 Å². The molecule has 0 radical (unpaired) electrons. The fourth-order valence-corrected chi connectivity index (χ4v) is 5.62. The van der Waals surface area contributed by atoms with E-state index in [9.17, 15) is 19.5 Å². The first kappa shape index (κ1) is 25.9. The monoisotopic (exact) mass is 519 g/mol. The Balaban J connectivity index is 1.67. The van der Waals surface area contributed by atoms with Crippen LogP contribution in [-0.2, 0) is 9.59 Å². The van der Waals surface area contributed by atoms with Gasteiger partial charge in [-0.1, -0.05) is 109 Å². The molecule has 4 aromatic rings. The molecule has 1 aliphatic rings. The van der Waals surface area contributed by atoms with E-state index in [-0.39, 0.29) is 12.4 Å². The van der Waals surface area contributed by atoms with Gasteiger partial charge in [-0.15, -0.1) is 0 Å². The predicted octanol–water partition coefficient (Wildman–Crippen LogP) is 5.69. The van der Waals surface area contributed by atoms with Crippen molar-refractivity contribution in [2.45, 2.75) is 24.9 Å². The van der Waals surface area contributed by atoms with Crippen LogP contribution in [0.3, 0.4) is 0 Å². The number of likely N-dealkylation sites (tertiary alicyclic amines) is 1. The van der Waals surface area contributed by atoms with Crippen LogP contribution >= 0.6 is 0 Å². The molecule has 0 bridgehead atoms. The average Bonchev–Trinajstić information content (AvgIpc) is 3.34. The number of carboxylic acid groups (broad SMARTS) is 1. The number of benzene rings is 4. The van der Waals surface area contributed by atoms with Gasteiger partial charge in [0.15, 0.2) is 12.4 Å². The van der Waals surface area contributed by atoms with Gasteiger partial charge in [-0.05, 0) is 30.2 Å². The molecule has 0 aromatic heterocycles. The molecular weight excluding hydrogens is 490 g/mol. The maximum absolute atomic E-state index is 14.3. The average molecular weight is 520 g/mol. The van der Waals surface area contributed by atoms with Crippen LogP contribution in [0.4, 0.5) is 0 Å². The molecule has 1 aliphatic heterocycles. The summed E-state index contributed by atoms with van der Waals surface area (Å²) in [4.78, 5) is 42.5.